The Balaban J connectivity index is 0.000000277. The fourth-order valence-corrected chi connectivity index (χ4v) is 2.97. The van der Waals surface area contributed by atoms with E-state index < -0.39 is 12.1 Å². The number of carbonyl (C=O) groups excluding carboxylic acids is 1. The van der Waals surface area contributed by atoms with Crippen LogP contribution in [0.3, 0.4) is 0 Å². The first kappa shape index (κ1) is 19.0. The molecule has 2 heterocycles. The van der Waals surface area contributed by atoms with E-state index >= 15 is 0 Å². The van der Waals surface area contributed by atoms with E-state index in [4.69, 9.17) is 14.6 Å². The van der Waals surface area contributed by atoms with Crippen molar-refractivity contribution in [2.45, 2.75) is 19.0 Å². The summed E-state index contributed by atoms with van der Waals surface area (Å²) >= 11 is 0. The van der Waals surface area contributed by atoms with Crippen LogP contribution in [0.1, 0.15) is 12.8 Å². The molecule has 2 N–H and O–H groups in total. The number of carboxylic acids is 1. The molecule has 6 nitrogen and oxygen atoms in total. The lowest BCUT2D eigenvalue weighted by Gasteiger charge is -2.22. The van der Waals surface area contributed by atoms with Crippen LogP contribution in [0.5, 0.6) is 5.75 Å². The monoisotopic (exact) mass is 360 g/mol. The van der Waals surface area contributed by atoms with Crippen molar-refractivity contribution < 1.29 is 32.6 Å². The molecule has 0 saturated carbocycles. The van der Waals surface area contributed by atoms with Gasteiger partial charge in [0, 0.05) is 30.6 Å². The quantitative estimate of drug-likeness (QED) is 0.844. The van der Waals surface area contributed by atoms with Crippen molar-refractivity contribution in [3.8, 4) is 5.75 Å². The summed E-state index contributed by atoms with van der Waals surface area (Å²) in [5, 5.41) is 10.5. The van der Waals surface area contributed by atoms with Crippen LogP contribution in [0.25, 0.3) is 0 Å². The minimum Gasteiger partial charge on any atom is -0.497 e. The van der Waals surface area contributed by atoms with Crippen LogP contribution in [-0.2, 0) is 9.59 Å². The van der Waals surface area contributed by atoms with E-state index in [2.05, 4.69) is 5.32 Å². The summed E-state index contributed by atoms with van der Waals surface area (Å²) in [6.45, 7) is 2.83. The summed E-state index contributed by atoms with van der Waals surface area (Å²) < 4.78 is 36.9. The molecule has 3 rings (SSSR count). The zero-order valence-electron chi connectivity index (χ0n) is 13.6. The lowest BCUT2D eigenvalue weighted by molar-refractivity contribution is -0.192. The summed E-state index contributed by atoms with van der Waals surface area (Å²) in [4.78, 5) is 23.0. The van der Waals surface area contributed by atoms with Gasteiger partial charge >= 0.3 is 12.1 Å². The van der Waals surface area contributed by atoms with Crippen LogP contribution >= 0.6 is 0 Å². The van der Waals surface area contributed by atoms with Crippen LogP contribution < -0.4 is 15.0 Å². The second-order valence-electron chi connectivity index (χ2n) is 6.08. The van der Waals surface area contributed by atoms with Gasteiger partial charge in [0.15, 0.2) is 0 Å². The molecule has 138 valence electrons. The average molecular weight is 360 g/mol. The van der Waals surface area contributed by atoms with Crippen LogP contribution in [0, 0.1) is 5.41 Å². The molecule has 0 bridgehead atoms. The first-order chi connectivity index (χ1) is 11.7. The third-order valence-corrected chi connectivity index (χ3v) is 4.28. The van der Waals surface area contributed by atoms with Crippen molar-refractivity contribution >= 4 is 17.6 Å². The molecular formula is C16H19F3N2O4. The summed E-state index contributed by atoms with van der Waals surface area (Å²) in [5.41, 5.74) is 1.14. The van der Waals surface area contributed by atoms with Gasteiger partial charge < -0.3 is 20.1 Å². The third-order valence-electron chi connectivity index (χ3n) is 4.28. The van der Waals surface area contributed by atoms with Gasteiger partial charge in [-0.1, -0.05) is 0 Å². The standard InChI is InChI=1S/C14H18N2O2.C2HF3O2/c1-18-12-4-2-11(3-5-12)16-10-14(8-13(16)17)6-7-15-9-14;3-2(4,5)1(6)7/h2-5,15H,6-10H2,1H3;(H,6,7). The Kier molecular flexibility index (Phi) is 5.56. The van der Waals surface area contributed by atoms with Crippen molar-refractivity contribution in [2.75, 3.05) is 31.6 Å². The Morgan fingerprint density at radius 1 is 1.32 bits per heavy atom. The first-order valence-electron chi connectivity index (χ1n) is 7.62. The van der Waals surface area contributed by atoms with Crippen LogP contribution in [0.4, 0.5) is 18.9 Å². The number of amides is 1. The van der Waals surface area contributed by atoms with E-state index in [1.807, 2.05) is 29.2 Å². The molecule has 1 aromatic rings. The molecule has 2 aliphatic rings. The van der Waals surface area contributed by atoms with Crippen molar-refractivity contribution in [1.82, 2.24) is 5.32 Å². The Hall–Kier alpha value is -2.29. The maximum atomic E-state index is 12.2. The highest BCUT2D eigenvalue weighted by atomic mass is 19.4. The number of anilines is 1. The summed E-state index contributed by atoms with van der Waals surface area (Å²) in [6.07, 6.45) is -3.31. The second kappa shape index (κ2) is 7.30. The zero-order valence-corrected chi connectivity index (χ0v) is 13.6. The van der Waals surface area contributed by atoms with Gasteiger partial charge in [-0.15, -0.1) is 0 Å². The Bertz CT molecular complexity index is 625. The molecule has 1 unspecified atom stereocenters. The maximum Gasteiger partial charge on any atom is 0.490 e. The van der Waals surface area contributed by atoms with Gasteiger partial charge in [0.25, 0.3) is 0 Å². The summed E-state index contributed by atoms with van der Waals surface area (Å²) in [7, 11) is 1.65. The smallest absolute Gasteiger partial charge is 0.490 e. The lowest BCUT2D eigenvalue weighted by Crippen LogP contribution is -2.29. The van der Waals surface area contributed by atoms with E-state index in [1.165, 1.54) is 0 Å². The highest BCUT2D eigenvalue weighted by Crippen LogP contribution is 2.39. The Morgan fingerprint density at radius 3 is 2.36 bits per heavy atom. The minimum atomic E-state index is -5.08. The summed E-state index contributed by atoms with van der Waals surface area (Å²) in [5.74, 6) is -1.70. The number of benzene rings is 1. The number of halogens is 3. The average Bonchev–Trinajstić information content (AvgIpc) is 3.14. The van der Waals surface area contributed by atoms with Gasteiger partial charge in [0.1, 0.15) is 5.75 Å². The van der Waals surface area contributed by atoms with Crippen molar-refractivity contribution in [1.29, 1.82) is 0 Å². The molecule has 0 radical (unpaired) electrons. The lowest BCUT2D eigenvalue weighted by atomic mass is 9.86. The molecule has 1 aromatic carbocycles. The number of alkyl halides is 3. The fourth-order valence-electron chi connectivity index (χ4n) is 2.97. The van der Waals surface area contributed by atoms with E-state index in [9.17, 15) is 18.0 Å². The van der Waals surface area contributed by atoms with Gasteiger partial charge in [-0.2, -0.15) is 13.2 Å². The Labute approximate surface area is 142 Å². The molecular weight excluding hydrogens is 341 g/mol. The van der Waals surface area contributed by atoms with Crippen molar-refractivity contribution in [3.05, 3.63) is 24.3 Å². The number of nitrogens with zero attached hydrogens (tertiary/aromatic N) is 1. The number of hydrogen-bond donors (Lipinski definition) is 2. The van der Waals surface area contributed by atoms with E-state index in [-0.39, 0.29) is 11.3 Å². The molecule has 25 heavy (non-hydrogen) atoms. The molecule has 2 aliphatic heterocycles. The fraction of sp³-hybridized carbons (Fsp3) is 0.500. The van der Waals surface area contributed by atoms with Crippen molar-refractivity contribution in [3.63, 3.8) is 0 Å². The van der Waals surface area contributed by atoms with Gasteiger partial charge in [-0.25, -0.2) is 4.79 Å². The maximum absolute atomic E-state index is 12.2. The number of carbonyl (C=O) groups is 2. The number of carboxylic acid groups (broad SMARTS) is 1. The normalized spacial score (nSPS) is 22.7. The topological polar surface area (TPSA) is 78.9 Å². The van der Waals surface area contributed by atoms with Gasteiger partial charge in [-0.3, -0.25) is 4.79 Å². The number of methoxy groups -OCH3 is 1. The number of rotatable bonds is 2. The van der Waals surface area contributed by atoms with Crippen LogP contribution in [0.15, 0.2) is 24.3 Å². The summed E-state index contributed by atoms with van der Waals surface area (Å²) in [6, 6.07) is 7.72. The highest BCUT2D eigenvalue weighted by Gasteiger charge is 2.45. The predicted molar refractivity (Wildman–Crippen MR) is 83.6 cm³/mol. The molecule has 0 aromatic heterocycles. The predicted octanol–water partition coefficient (Wildman–Crippen LogP) is 2.04. The van der Waals surface area contributed by atoms with E-state index in [0.717, 1.165) is 37.5 Å². The van der Waals surface area contributed by atoms with Gasteiger partial charge in [0.2, 0.25) is 5.91 Å². The molecule has 1 spiro atoms. The second-order valence-corrected chi connectivity index (χ2v) is 6.08. The number of ether oxygens (including phenoxy) is 1. The first-order valence-corrected chi connectivity index (χ1v) is 7.62. The van der Waals surface area contributed by atoms with Gasteiger partial charge in [0.05, 0.1) is 7.11 Å². The van der Waals surface area contributed by atoms with Crippen LogP contribution in [-0.4, -0.2) is 49.9 Å². The molecule has 9 heteroatoms. The molecule has 1 atom stereocenters. The zero-order chi connectivity index (χ0) is 18.7. The SMILES string of the molecule is COc1ccc(N2CC3(CCNC3)CC2=O)cc1.O=C(O)C(F)(F)F. The van der Waals surface area contributed by atoms with Gasteiger partial charge in [-0.05, 0) is 37.2 Å². The van der Waals surface area contributed by atoms with Crippen LogP contribution in [0.2, 0.25) is 0 Å². The Morgan fingerprint density at radius 2 is 1.92 bits per heavy atom. The number of nitrogens with one attached hydrogen (secondary N) is 1. The highest BCUT2D eigenvalue weighted by molar-refractivity contribution is 5.96. The largest absolute Gasteiger partial charge is 0.497 e. The molecule has 2 fully saturated rings. The molecule has 1 amide bonds. The minimum absolute atomic E-state index is 0.164. The molecule has 0 aliphatic carbocycles. The number of aliphatic carboxylic acids is 1. The van der Waals surface area contributed by atoms with E-state index in [0.29, 0.717) is 6.42 Å². The van der Waals surface area contributed by atoms with Crippen molar-refractivity contribution in [2.24, 2.45) is 5.41 Å². The third kappa shape index (κ3) is 4.62. The number of hydrogen-bond acceptors (Lipinski definition) is 4. The van der Waals surface area contributed by atoms with E-state index in [1.54, 1.807) is 7.11 Å². The molecule has 2 saturated heterocycles.